The van der Waals surface area contributed by atoms with Crippen LogP contribution in [0.4, 0.5) is 0 Å². The van der Waals surface area contributed by atoms with E-state index in [0.29, 0.717) is 12.8 Å². The molecule has 0 aliphatic heterocycles. The first-order valence-electron chi connectivity index (χ1n) is 7.13. The Morgan fingerprint density at radius 1 is 1.20 bits per heavy atom. The van der Waals surface area contributed by atoms with Gasteiger partial charge in [0.25, 0.3) is 0 Å². The fourth-order valence-electron chi connectivity index (χ4n) is 3.05. The summed E-state index contributed by atoms with van der Waals surface area (Å²) in [5.41, 5.74) is -0.00994. The molecule has 1 amide bonds. The highest BCUT2D eigenvalue weighted by Gasteiger charge is 2.43. The summed E-state index contributed by atoms with van der Waals surface area (Å²) in [5.74, 6) is -0.484. The van der Waals surface area contributed by atoms with E-state index in [4.69, 9.17) is 0 Å². The number of carbonyl (C=O) groups excluding carboxylic acids is 1. The molecule has 0 spiro atoms. The molecule has 0 aromatic heterocycles. The van der Waals surface area contributed by atoms with Crippen LogP contribution in [0.2, 0.25) is 0 Å². The molecule has 2 rings (SSSR count). The van der Waals surface area contributed by atoms with Gasteiger partial charge in [-0.15, -0.1) is 0 Å². The summed E-state index contributed by atoms with van der Waals surface area (Å²) in [6.45, 7) is 0. The van der Waals surface area contributed by atoms with Gasteiger partial charge in [-0.25, -0.2) is 0 Å². The minimum Gasteiger partial charge on any atom is -0.389 e. The third-order valence-electron chi connectivity index (χ3n) is 4.15. The number of aliphatic hydroxyl groups is 1. The molecular formula is C16H22BrNO2. The third kappa shape index (κ3) is 3.23. The minimum atomic E-state index is -0.909. The average molecular weight is 340 g/mol. The molecule has 1 aliphatic carbocycles. The lowest BCUT2D eigenvalue weighted by atomic mass is 9.72. The zero-order valence-electron chi connectivity index (χ0n) is 12.1. The standard InChI is InChI=1S/C16H22BrNO2/c1-18(2)15(19)14(12-6-8-13(17)9-7-12)16(20)10-4-3-5-11-16/h6-9,14,20H,3-5,10-11H2,1-2H3. The molecule has 20 heavy (non-hydrogen) atoms. The molecule has 3 nitrogen and oxygen atoms in total. The quantitative estimate of drug-likeness (QED) is 0.917. The van der Waals surface area contributed by atoms with Crippen molar-refractivity contribution >= 4 is 21.8 Å². The lowest BCUT2D eigenvalue weighted by molar-refractivity contribution is -0.139. The summed E-state index contributed by atoms with van der Waals surface area (Å²) in [5, 5.41) is 11.0. The van der Waals surface area contributed by atoms with Gasteiger partial charge in [-0.2, -0.15) is 0 Å². The Labute approximate surface area is 129 Å². The Morgan fingerprint density at radius 3 is 2.25 bits per heavy atom. The highest BCUT2D eigenvalue weighted by atomic mass is 79.9. The van der Waals surface area contributed by atoms with E-state index >= 15 is 0 Å². The Morgan fingerprint density at radius 2 is 1.75 bits per heavy atom. The number of benzene rings is 1. The summed E-state index contributed by atoms with van der Waals surface area (Å²) < 4.78 is 0.980. The maximum absolute atomic E-state index is 12.6. The van der Waals surface area contributed by atoms with Gasteiger partial charge in [-0.05, 0) is 30.5 Å². The first-order valence-corrected chi connectivity index (χ1v) is 7.92. The second kappa shape index (κ2) is 6.27. The Bertz CT molecular complexity index is 464. The Balaban J connectivity index is 2.38. The van der Waals surface area contributed by atoms with Crippen LogP contribution in [0.3, 0.4) is 0 Å². The summed E-state index contributed by atoms with van der Waals surface area (Å²) in [4.78, 5) is 14.2. The molecule has 4 heteroatoms. The molecule has 0 bridgehead atoms. The van der Waals surface area contributed by atoms with Gasteiger partial charge in [0.15, 0.2) is 0 Å². The number of hydrogen-bond donors (Lipinski definition) is 1. The molecule has 1 N–H and O–H groups in total. The maximum atomic E-state index is 12.6. The molecule has 1 fully saturated rings. The van der Waals surface area contributed by atoms with E-state index in [1.54, 1.807) is 19.0 Å². The highest BCUT2D eigenvalue weighted by molar-refractivity contribution is 9.10. The van der Waals surface area contributed by atoms with Gasteiger partial charge in [-0.1, -0.05) is 47.3 Å². The van der Waals surface area contributed by atoms with Crippen molar-refractivity contribution in [2.24, 2.45) is 0 Å². The maximum Gasteiger partial charge on any atom is 0.232 e. The van der Waals surface area contributed by atoms with Crippen molar-refractivity contribution < 1.29 is 9.90 Å². The van der Waals surface area contributed by atoms with Crippen LogP contribution in [-0.2, 0) is 4.79 Å². The number of likely N-dealkylation sites (N-methyl/N-ethyl adjacent to an activating group) is 1. The first-order chi connectivity index (χ1) is 9.44. The van der Waals surface area contributed by atoms with Crippen molar-refractivity contribution in [3.8, 4) is 0 Å². The van der Waals surface area contributed by atoms with Gasteiger partial charge < -0.3 is 10.0 Å². The van der Waals surface area contributed by atoms with Gasteiger partial charge in [0.2, 0.25) is 5.91 Å². The zero-order chi connectivity index (χ0) is 14.8. The van der Waals surface area contributed by atoms with Crippen LogP contribution >= 0.6 is 15.9 Å². The molecule has 1 unspecified atom stereocenters. The fourth-order valence-corrected chi connectivity index (χ4v) is 3.31. The molecule has 0 radical (unpaired) electrons. The summed E-state index contributed by atoms with van der Waals surface area (Å²) in [6.07, 6.45) is 4.53. The SMILES string of the molecule is CN(C)C(=O)C(c1ccc(Br)cc1)C1(O)CCCCC1. The molecule has 1 aromatic rings. The Hall–Kier alpha value is -0.870. The minimum absolute atomic E-state index is 0.0169. The van der Waals surface area contributed by atoms with Crippen LogP contribution in [-0.4, -0.2) is 35.6 Å². The van der Waals surface area contributed by atoms with Gasteiger partial charge in [0.1, 0.15) is 0 Å². The van der Waals surface area contributed by atoms with Crippen molar-refractivity contribution in [3.63, 3.8) is 0 Å². The fraction of sp³-hybridized carbons (Fsp3) is 0.562. The van der Waals surface area contributed by atoms with Crippen LogP contribution < -0.4 is 0 Å². The van der Waals surface area contributed by atoms with Crippen molar-refractivity contribution in [2.75, 3.05) is 14.1 Å². The third-order valence-corrected chi connectivity index (χ3v) is 4.68. The van der Waals surface area contributed by atoms with E-state index in [2.05, 4.69) is 15.9 Å². The summed E-state index contributed by atoms with van der Waals surface area (Å²) in [6, 6.07) is 7.72. The molecule has 1 atom stereocenters. The normalized spacial score (nSPS) is 19.4. The van der Waals surface area contributed by atoms with E-state index in [0.717, 1.165) is 29.3 Å². The average Bonchev–Trinajstić information content (AvgIpc) is 2.41. The largest absolute Gasteiger partial charge is 0.389 e. The number of rotatable bonds is 3. The number of nitrogens with zero attached hydrogens (tertiary/aromatic N) is 1. The van der Waals surface area contributed by atoms with E-state index in [-0.39, 0.29) is 5.91 Å². The van der Waals surface area contributed by atoms with Gasteiger partial charge in [0, 0.05) is 18.6 Å². The van der Waals surface area contributed by atoms with E-state index in [9.17, 15) is 9.90 Å². The van der Waals surface area contributed by atoms with Gasteiger partial charge in [-0.3, -0.25) is 4.79 Å². The van der Waals surface area contributed by atoms with E-state index in [1.807, 2.05) is 24.3 Å². The number of halogens is 1. The molecule has 1 aliphatic rings. The van der Waals surface area contributed by atoms with Crippen LogP contribution in [0.25, 0.3) is 0 Å². The second-order valence-electron chi connectivity index (χ2n) is 5.88. The number of hydrogen-bond acceptors (Lipinski definition) is 2. The van der Waals surface area contributed by atoms with Crippen molar-refractivity contribution in [1.82, 2.24) is 4.90 Å². The van der Waals surface area contributed by atoms with Crippen LogP contribution in [0, 0.1) is 0 Å². The van der Waals surface area contributed by atoms with E-state index < -0.39 is 11.5 Å². The van der Waals surface area contributed by atoms with Crippen LogP contribution in [0.15, 0.2) is 28.7 Å². The lowest BCUT2D eigenvalue weighted by Gasteiger charge is -2.39. The predicted octanol–water partition coefficient (Wildman–Crippen LogP) is 3.32. The summed E-state index contributed by atoms with van der Waals surface area (Å²) >= 11 is 3.41. The van der Waals surface area contributed by atoms with Gasteiger partial charge >= 0.3 is 0 Å². The number of amides is 1. The summed E-state index contributed by atoms with van der Waals surface area (Å²) in [7, 11) is 3.50. The van der Waals surface area contributed by atoms with Crippen molar-refractivity contribution in [2.45, 2.75) is 43.6 Å². The monoisotopic (exact) mass is 339 g/mol. The van der Waals surface area contributed by atoms with Crippen molar-refractivity contribution in [1.29, 1.82) is 0 Å². The van der Waals surface area contributed by atoms with Crippen LogP contribution in [0.1, 0.15) is 43.6 Å². The smallest absolute Gasteiger partial charge is 0.232 e. The Kier molecular flexibility index (Phi) is 4.86. The molecule has 0 heterocycles. The lowest BCUT2D eigenvalue weighted by Crippen LogP contribution is -2.46. The van der Waals surface area contributed by atoms with Crippen molar-refractivity contribution in [3.05, 3.63) is 34.3 Å². The molecular weight excluding hydrogens is 318 g/mol. The molecule has 1 saturated carbocycles. The highest BCUT2D eigenvalue weighted by Crippen LogP contribution is 2.41. The molecule has 110 valence electrons. The number of carbonyl (C=O) groups is 1. The molecule has 1 aromatic carbocycles. The second-order valence-corrected chi connectivity index (χ2v) is 6.80. The van der Waals surface area contributed by atoms with E-state index in [1.165, 1.54) is 0 Å². The van der Waals surface area contributed by atoms with Crippen LogP contribution in [0.5, 0.6) is 0 Å². The predicted molar refractivity (Wildman–Crippen MR) is 83.6 cm³/mol. The zero-order valence-corrected chi connectivity index (χ0v) is 13.7. The van der Waals surface area contributed by atoms with Gasteiger partial charge in [0.05, 0.1) is 11.5 Å². The molecule has 0 saturated heterocycles. The first kappa shape index (κ1) is 15.5. The topological polar surface area (TPSA) is 40.5 Å².